The molecule has 0 aromatic heterocycles. The number of benzene rings is 7. The quantitative estimate of drug-likeness (QED) is 0.204. The van der Waals surface area contributed by atoms with Crippen LogP contribution in [-0.4, -0.2) is 0 Å². The number of hydrogen-bond donors (Lipinski definition) is 0. The Kier molecular flexibility index (Phi) is 3.91. The van der Waals surface area contributed by atoms with E-state index in [0.29, 0.717) is 0 Å². The molecule has 7 aromatic carbocycles. The van der Waals surface area contributed by atoms with Crippen molar-refractivity contribution in [1.82, 2.24) is 0 Å². The third-order valence-corrected chi connectivity index (χ3v) is 6.77. The minimum absolute atomic E-state index is 1.16. The predicted octanol–water partition coefficient (Wildman–Crippen LogP) is 9.21. The van der Waals surface area contributed by atoms with Gasteiger partial charge in [-0.1, -0.05) is 97.1 Å². The van der Waals surface area contributed by atoms with Crippen LogP contribution in [0.5, 0.6) is 0 Å². The van der Waals surface area contributed by atoms with Crippen molar-refractivity contribution >= 4 is 60.2 Å². The minimum atomic E-state index is 1.16. The van der Waals surface area contributed by atoms with Crippen LogP contribution in [0.4, 0.5) is 17.1 Å². The molecule has 0 saturated carbocycles. The highest BCUT2D eigenvalue weighted by Crippen LogP contribution is 2.45. The molecule has 0 unspecified atom stereocenters. The fraction of sp³-hybridized carbons (Fsp3) is 0. The Morgan fingerprint density at radius 2 is 0.818 bits per heavy atom. The van der Waals surface area contributed by atoms with Crippen molar-refractivity contribution in [3.05, 3.63) is 127 Å². The zero-order valence-electron chi connectivity index (χ0n) is 18.1. The highest BCUT2D eigenvalue weighted by atomic mass is 15.1. The molecule has 0 aliphatic carbocycles. The summed E-state index contributed by atoms with van der Waals surface area (Å²) in [6, 6.07) is 45.9. The molecule has 0 heterocycles. The molecule has 0 aliphatic heterocycles. The Bertz CT molecular complexity index is 1660. The monoisotopic (exact) mass is 419 g/mol. The second kappa shape index (κ2) is 7.08. The van der Waals surface area contributed by atoms with Gasteiger partial charge < -0.3 is 4.90 Å². The molecule has 0 fully saturated rings. The molecule has 0 bridgehead atoms. The van der Waals surface area contributed by atoms with E-state index in [1.165, 1.54) is 48.8 Å². The summed E-state index contributed by atoms with van der Waals surface area (Å²) < 4.78 is 0. The maximum absolute atomic E-state index is 2.37. The topological polar surface area (TPSA) is 3.24 Å². The number of nitrogens with zero attached hydrogens (tertiary/aromatic N) is 1. The van der Waals surface area contributed by atoms with E-state index in [2.05, 4.69) is 132 Å². The van der Waals surface area contributed by atoms with Gasteiger partial charge in [-0.05, 0) is 68.0 Å². The zero-order valence-corrected chi connectivity index (χ0v) is 18.1. The lowest BCUT2D eigenvalue weighted by molar-refractivity contribution is 1.30. The van der Waals surface area contributed by atoms with Gasteiger partial charge in [-0.15, -0.1) is 0 Å². The first-order valence-corrected chi connectivity index (χ1v) is 11.4. The van der Waals surface area contributed by atoms with Gasteiger partial charge in [0.05, 0.1) is 5.69 Å². The lowest BCUT2D eigenvalue weighted by Crippen LogP contribution is -2.10. The van der Waals surface area contributed by atoms with E-state index in [1.54, 1.807) is 0 Å². The fourth-order valence-corrected chi connectivity index (χ4v) is 5.41. The summed E-state index contributed by atoms with van der Waals surface area (Å²) in [7, 11) is 0. The predicted molar refractivity (Wildman–Crippen MR) is 142 cm³/mol. The van der Waals surface area contributed by atoms with E-state index in [0.717, 1.165) is 11.4 Å². The van der Waals surface area contributed by atoms with E-state index >= 15 is 0 Å². The molecule has 0 amide bonds. The van der Waals surface area contributed by atoms with Crippen molar-refractivity contribution in [1.29, 1.82) is 0 Å². The van der Waals surface area contributed by atoms with Crippen molar-refractivity contribution in [3.8, 4) is 0 Å². The molecule has 0 spiro atoms. The SMILES string of the molecule is c1ccc(N(c2ccccc2)c2ccc3c4cccc5cccc(c6cccc2c63)c54)cc1. The van der Waals surface area contributed by atoms with Crippen LogP contribution >= 0.6 is 0 Å². The molecule has 33 heavy (non-hydrogen) atoms. The second-order valence-corrected chi connectivity index (χ2v) is 8.58. The van der Waals surface area contributed by atoms with Gasteiger partial charge >= 0.3 is 0 Å². The van der Waals surface area contributed by atoms with Gasteiger partial charge in [0.15, 0.2) is 0 Å². The van der Waals surface area contributed by atoms with Gasteiger partial charge in [0.2, 0.25) is 0 Å². The Morgan fingerprint density at radius 1 is 0.333 bits per heavy atom. The summed E-state index contributed by atoms with van der Waals surface area (Å²) in [5.41, 5.74) is 3.50. The van der Waals surface area contributed by atoms with Gasteiger partial charge in [0.1, 0.15) is 0 Å². The van der Waals surface area contributed by atoms with Crippen LogP contribution in [0.15, 0.2) is 127 Å². The minimum Gasteiger partial charge on any atom is -0.310 e. The van der Waals surface area contributed by atoms with E-state index < -0.39 is 0 Å². The van der Waals surface area contributed by atoms with E-state index in [1.807, 2.05) is 0 Å². The molecule has 0 saturated heterocycles. The summed E-state index contributed by atoms with van der Waals surface area (Å²) in [6.07, 6.45) is 0. The van der Waals surface area contributed by atoms with Gasteiger partial charge in [-0.3, -0.25) is 0 Å². The van der Waals surface area contributed by atoms with Crippen LogP contribution in [0.2, 0.25) is 0 Å². The van der Waals surface area contributed by atoms with Gasteiger partial charge in [-0.2, -0.15) is 0 Å². The molecule has 154 valence electrons. The number of para-hydroxylation sites is 2. The van der Waals surface area contributed by atoms with Crippen molar-refractivity contribution in [2.24, 2.45) is 0 Å². The average Bonchev–Trinajstić information content (AvgIpc) is 2.89. The van der Waals surface area contributed by atoms with Gasteiger partial charge in [0.25, 0.3) is 0 Å². The summed E-state index contributed by atoms with van der Waals surface area (Å²) in [5, 5.41) is 10.5. The third-order valence-electron chi connectivity index (χ3n) is 6.77. The fourth-order valence-electron chi connectivity index (χ4n) is 5.41. The van der Waals surface area contributed by atoms with Gasteiger partial charge in [0, 0.05) is 16.8 Å². The van der Waals surface area contributed by atoms with E-state index in [9.17, 15) is 0 Å². The standard InChI is InChI=1S/C32H21N/c1-3-12-23(13-4-1)33(24-14-5-2-6-15-24)30-21-20-28-26-17-8-11-22-10-7-16-25(31(22)26)27-18-9-19-29(30)32(27)28/h1-21H. The van der Waals surface area contributed by atoms with Crippen LogP contribution in [0.1, 0.15) is 0 Å². The number of fused-ring (bicyclic) bond motifs is 2. The highest BCUT2D eigenvalue weighted by molar-refractivity contribution is 6.34. The first-order valence-electron chi connectivity index (χ1n) is 11.4. The normalized spacial score (nSPS) is 11.6. The third kappa shape index (κ3) is 2.66. The zero-order chi connectivity index (χ0) is 21.8. The number of hydrogen-bond acceptors (Lipinski definition) is 1. The Morgan fingerprint density at radius 3 is 1.42 bits per heavy atom. The molecule has 0 N–H and O–H groups in total. The number of rotatable bonds is 3. The van der Waals surface area contributed by atoms with Crippen molar-refractivity contribution in [2.75, 3.05) is 4.90 Å². The summed E-state index contributed by atoms with van der Waals surface area (Å²) in [6.45, 7) is 0. The van der Waals surface area contributed by atoms with E-state index in [4.69, 9.17) is 0 Å². The summed E-state index contributed by atoms with van der Waals surface area (Å²) in [4.78, 5) is 2.37. The number of anilines is 3. The molecule has 0 radical (unpaired) electrons. The molecule has 1 nitrogen and oxygen atoms in total. The first-order chi connectivity index (χ1) is 16.4. The first kappa shape index (κ1) is 18.2. The molecule has 1 heteroatoms. The van der Waals surface area contributed by atoms with Crippen molar-refractivity contribution in [3.63, 3.8) is 0 Å². The maximum Gasteiger partial charge on any atom is 0.0540 e. The molecule has 7 rings (SSSR count). The lowest BCUT2D eigenvalue weighted by Gasteiger charge is -2.27. The van der Waals surface area contributed by atoms with Crippen LogP contribution < -0.4 is 4.90 Å². The smallest absolute Gasteiger partial charge is 0.0540 e. The molecule has 0 atom stereocenters. The highest BCUT2D eigenvalue weighted by Gasteiger charge is 2.19. The molecular formula is C32H21N. The molecule has 7 aromatic rings. The summed E-state index contributed by atoms with van der Waals surface area (Å²) in [5.74, 6) is 0. The Labute approximate surface area is 192 Å². The maximum atomic E-state index is 2.37. The van der Waals surface area contributed by atoms with Crippen LogP contribution in [-0.2, 0) is 0 Å². The van der Waals surface area contributed by atoms with Crippen molar-refractivity contribution in [2.45, 2.75) is 0 Å². The molecule has 0 aliphatic rings. The van der Waals surface area contributed by atoms with Crippen LogP contribution in [0, 0.1) is 0 Å². The van der Waals surface area contributed by atoms with Gasteiger partial charge in [-0.25, -0.2) is 0 Å². The largest absolute Gasteiger partial charge is 0.310 e. The van der Waals surface area contributed by atoms with Crippen molar-refractivity contribution < 1.29 is 0 Å². The van der Waals surface area contributed by atoms with E-state index in [-0.39, 0.29) is 0 Å². The Hall–Kier alpha value is -4.36. The average molecular weight is 420 g/mol. The Balaban J connectivity index is 1.64. The summed E-state index contributed by atoms with van der Waals surface area (Å²) >= 11 is 0. The van der Waals surface area contributed by atoms with Crippen LogP contribution in [0.3, 0.4) is 0 Å². The van der Waals surface area contributed by atoms with Crippen LogP contribution in [0.25, 0.3) is 43.1 Å². The lowest BCUT2D eigenvalue weighted by atomic mass is 9.89. The second-order valence-electron chi connectivity index (χ2n) is 8.58. The molecular weight excluding hydrogens is 398 g/mol.